The van der Waals surface area contributed by atoms with Crippen LogP contribution in [-0.4, -0.2) is 24.8 Å². The second kappa shape index (κ2) is 10.7. The highest BCUT2D eigenvalue weighted by Gasteiger charge is 2.59. The van der Waals surface area contributed by atoms with E-state index in [0.29, 0.717) is 5.92 Å². The molecule has 0 aliphatic heterocycles. The molecule has 1 fully saturated rings. The van der Waals surface area contributed by atoms with E-state index in [4.69, 9.17) is 0 Å². The molecule has 1 nitrogen and oxygen atoms in total. The zero-order valence-corrected chi connectivity index (χ0v) is 16.7. The normalized spacial score (nSPS) is 26.4. The molecule has 1 unspecified atom stereocenters. The zero-order chi connectivity index (χ0) is 20.6. The molecule has 0 aromatic rings. The summed E-state index contributed by atoms with van der Waals surface area (Å²) in [6.07, 6.45) is 11.4. The molecule has 0 aromatic heterocycles. The molecule has 28 heavy (non-hydrogen) atoms. The Bertz CT molecular complexity index is 521. The molecule has 0 spiro atoms. The predicted molar refractivity (Wildman–Crippen MR) is 101 cm³/mol. The third-order valence-corrected chi connectivity index (χ3v) is 6.02. The molecular weight excluding hydrogens is 375 g/mol. The number of hydrogen-bond donors (Lipinski definition) is 0. The fourth-order valence-electron chi connectivity index (χ4n) is 4.18. The fraction of sp³-hybridized carbons (Fsp3) is 0.818. The van der Waals surface area contributed by atoms with Gasteiger partial charge in [-0.25, -0.2) is 4.39 Å². The fourth-order valence-corrected chi connectivity index (χ4v) is 4.18. The van der Waals surface area contributed by atoms with E-state index in [-0.39, 0.29) is 6.42 Å². The van der Waals surface area contributed by atoms with Crippen LogP contribution in [0.5, 0.6) is 0 Å². The number of rotatable bonds is 11. The Morgan fingerprint density at radius 3 is 2.25 bits per heavy atom. The molecule has 6 heteroatoms. The first-order valence-electron chi connectivity index (χ1n) is 10.7. The summed E-state index contributed by atoms with van der Waals surface area (Å²) in [6, 6.07) is 0. The monoisotopic (exact) mass is 408 g/mol. The largest absolute Gasteiger partial charge is 0.422 e. The molecule has 0 bridgehead atoms. The second-order valence-electron chi connectivity index (χ2n) is 8.23. The molecule has 162 valence electrons. The number of ether oxygens (including phenoxy) is 1. The maximum atomic E-state index is 13.4. The van der Waals surface area contributed by atoms with Crippen LogP contribution in [0.3, 0.4) is 0 Å². The first kappa shape index (κ1) is 23.4. The van der Waals surface area contributed by atoms with Gasteiger partial charge in [0, 0.05) is 0 Å². The maximum Gasteiger partial charge on any atom is 0.422 e. The molecule has 2 aliphatic rings. The molecule has 2 rings (SSSR count). The highest BCUT2D eigenvalue weighted by molar-refractivity contribution is 5.27. The summed E-state index contributed by atoms with van der Waals surface area (Å²) in [4.78, 5) is 0. The van der Waals surface area contributed by atoms with Gasteiger partial charge in [0.1, 0.15) is 0 Å². The lowest BCUT2D eigenvalue weighted by Crippen LogP contribution is -2.46. The molecule has 0 amide bonds. The van der Waals surface area contributed by atoms with Crippen molar-refractivity contribution in [3.8, 4) is 0 Å². The van der Waals surface area contributed by atoms with Crippen molar-refractivity contribution in [3.05, 3.63) is 23.8 Å². The lowest BCUT2D eigenvalue weighted by atomic mass is 9.76. The van der Waals surface area contributed by atoms with Crippen molar-refractivity contribution in [2.24, 2.45) is 11.8 Å². The number of allylic oxidation sites excluding steroid dienone is 2. The standard InChI is InChI=1S/C22H33F5O/c1-2-3-4-5-6-7-17-8-10-18(11-9-17)19-12-14-20(15-13-19)28-22(26,27)21(24,25)16-23/h12-14,17-18,20H,2-11,15-16H2,1H3/t17-,18-,20?. The Hall–Kier alpha value is -0.910. The van der Waals surface area contributed by atoms with Crippen molar-refractivity contribution >= 4 is 0 Å². The zero-order valence-electron chi connectivity index (χ0n) is 16.7. The quantitative estimate of drug-likeness (QED) is 0.252. The van der Waals surface area contributed by atoms with E-state index in [0.717, 1.165) is 24.3 Å². The van der Waals surface area contributed by atoms with Crippen molar-refractivity contribution in [2.75, 3.05) is 6.67 Å². The SMILES string of the molecule is CCCCCCC[C@H]1CC[C@H](C2=CCC(OC(F)(F)C(F)(F)CF)C=C2)CC1. The van der Waals surface area contributed by atoms with Gasteiger partial charge in [0.2, 0.25) is 0 Å². The van der Waals surface area contributed by atoms with E-state index in [1.54, 1.807) is 6.08 Å². The Kier molecular flexibility index (Phi) is 8.97. The van der Waals surface area contributed by atoms with Crippen LogP contribution in [0.15, 0.2) is 23.8 Å². The van der Waals surface area contributed by atoms with E-state index in [2.05, 4.69) is 11.7 Å². The summed E-state index contributed by atoms with van der Waals surface area (Å²) in [5.41, 5.74) is 1.09. The van der Waals surface area contributed by atoms with Crippen molar-refractivity contribution in [2.45, 2.75) is 95.7 Å². The number of halogens is 5. The Labute approximate surface area is 165 Å². The minimum Gasteiger partial charge on any atom is -0.308 e. The minimum absolute atomic E-state index is 0.112. The van der Waals surface area contributed by atoms with Gasteiger partial charge < -0.3 is 4.74 Å². The van der Waals surface area contributed by atoms with Crippen molar-refractivity contribution in [1.82, 2.24) is 0 Å². The van der Waals surface area contributed by atoms with E-state index < -0.39 is 24.8 Å². The lowest BCUT2D eigenvalue weighted by Gasteiger charge is -2.32. The molecule has 2 aliphatic carbocycles. The minimum atomic E-state index is -4.81. The van der Waals surface area contributed by atoms with Crippen LogP contribution < -0.4 is 0 Å². The summed E-state index contributed by atoms with van der Waals surface area (Å²) in [5, 5.41) is 0. The van der Waals surface area contributed by atoms with Gasteiger partial charge in [0.25, 0.3) is 0 Å². The van der Waals surface area contributed by atoms with Crippen molar-refractivity contribution in [3.63, 3.8) is 0 Å². The first-order valence-corrected chi connectivity index (χ1v) is 10.7. The molecule has 1 atom stereocenters. The number of unbranched alkanes of at least 4 members (excludes halogenated alkanes) is 4. The topological polar surface area (TPSA) is 9.23 Å². The van der Waals surface area contributed by atoms with Gasteiger partial charge in [-0.15, -0.1) is 0 Å². The van der Waals surface area contributed by atoms with E-state index in [9.17, 15) is 22.0 Å². The van der Waals surface area contributed by atoms with Crippen LogP contribution in [0, 0.1) is 11.8 Å². The average Bonchev–Trinajstić information content (AvgIpc) is 2.68. The molecular formula is C22H33F5O. The van der Waals surface area contributed by atoms with Gasteiger partial charge in [-0.1, -0.05) is 63.7 Å². The summed E-state index contributed by atoms with van der Waals surface area (Å²) in [5.74, 6) is -3.62. The van der Waals surface area contributed by atoms with Gasteiger partial charge in [0.15, 0.2) is 6.67 Å². The van der Waals surface area contributed by atoms with E-state index >= 15 is 0 Å². The Morgan fingerprint density at radius 2 is 1.68 bits per heavy atom. The van der Waals surface area contributed by atoms with Gasteiger partial charge in [-0.3, -0.25) is 0 Å². The summed E-state index contributed by atoms with van der Waals surface area (Å²) < 4.78 is 69.0. The van der Waals surface area contributed by atoms with Gasteiger partial charge in [-0.05, 0) is 49.5 Å². The maximum absolute atomic E-state index is 13.4. The van der Waals surface area contributed by atoms with E-state index in [1.165, 1.54) is 57.4 Å². The van der Waals surface area contributed by atoms with Gasteiger partial charge in [-0.2, -0.15) is 17.6 Å². The molecule has 0 heterocycles. The van der Waals surface area contributed by atoms with Crippen molar-refractivity contribution in [1.29, 1.82) is 0 Å². The van der Waals surface area contributed by atoms with Crippen LogP contribution in [-0.2, 0) is 4.74 Å². The molecule has 0 radical (unpaired) electrons. The van der Waals surface area contributed by atoms with Crippen LogP contribution in [0.4, 0.5) is 22.0 Å². The molecule has 0 N–H and O–H groups in total. The second-order valence-corrected chi connectivity index (χ2v) is 8.23. The van der Waals surface area contributed by atoms with Crippen LogP contribution >= 0.6 is 0 Å². The van der Waals surface area contributed by atoms with Crippen LogP contribution in [0.1, 0.15) is 77.6 Å². The third kappa shape index (κ3) is 6.57. The third-order valence-electron chi connectivity index (χ3n) is 6.02. The average molecular weight is 408 g/mol. The van der Waals surface area contributed by atoms with Crippen LogP contribution in [0.2, 0.25) is 0 Å². The van der Waals surface area contributed by atoms with Gasteiger partial charge in [0.05, 0.1) is 6.10 Å². The number of alkyl halides is 5. The Balaban J connectivity index is 1.72. The first-order chi connectivity index (χ1) is 13.3. The predicted octanol–water partition coefficient (Wildman–Crippen LogP) is 7.62. The molecule has 0 aromatic carbocycles. The van der Waals surface area contributed by atoms with E-state index in [1.807, 2.05) is 6.08 Å². The Morgan fingerprint density at radius 1 is 1.00 bits per heavy atom. The highest BCUT2D eigenvalue weighted by Crippen LogP contribution is 2.40. The van der Waals surface area contributed by atoms with Crippen molar-refractivity contribution < 1.29 is 26.7 Å². The molecule has 0 saturated heterocycles. The lowest BCUT2D eigenvalue weighted by molar-refractivity contribution is -0.358. The molecule has 1 saturated carbocycles. The number of hydrogen-bond acceptors (Lipinski definition) is 1. The summed E-state index contributed by atoms with van der Waals surface area (Å²) in [6.45, 7) is -0.228. The summed E-state index contributed by atoms with van der Waals surface area (Å²) in [7, 11) is 0. The van der Waals surface area contributed by atoms with Gasteiger partial charge >= 0.3 is 12.0 Å². The highest BCUT2D eigenvalue weighted by atomic mass is 19.3. The van der Waals surface area contributed by atoms with Crippen LogP contribution in [0.25, 0.3) is 0 Å². The smallest absolute Gasteiger partial charge is 0.308 e. The summed E-state index contributed by atoms with van der Waals surface area (Å²) >= 11 is 0.